The molecule has 2 heteroatoms. The molecule has 2 rings (SSSR count). The van der Waals surface area contributed by atoms with E-state index >= 15 is 0 Å². The van der Waals surface area contributed by atoms with Crippen molar-refractivity contribution in [2.75, 3.05) is 0 Å². The van der Waals surface area contributed by atoms with Crippen LogP contribution in [0.5, 0.6) is 0 Å². The zero-order valence-corrected chi connectivity index (χ0v) is 12.5. The Bertz CT molecular complexity index is 298. The van der Waals surface area contributed by atoms with Gasteiger partial charge in [0.1, 0.15) is 0 Å². The third kappa shape index (κ3) is 9.23. The molecule has 0 radical (unpaired) electrons. The molecule has 0 unspecified atom stereocenters. The van der Waals surface area contributed by atoms with Gasteiger partial charge in [0.2, 0.25) is 5.24 Å². The Labute approximate surface area is 117 Å². The minimum Gasteiger partial charge on any atom is -0.282 e. The van der Waals surface area contributed by atoms with Crippen LogP contribution in [0.1, 0.15) is 52.0 Å². The Kier molecular flexibility index (Phi) is 10.8. The molecule has 1 nitrogen and oxygen atoms in total. The van der Waals surface area contributed by atoms with Crippen molar-refractivity contribution in [3.8, 4) is 0 Å². The largest absolute Gasteiger partial charge is 0.282 e. The van der Waals surface area contributed by atoms with Crippen LogP contribution >= 0.6 is 11.6 Å². The van der Waals surface area contributed by atoms with Crippen molar-refractivity contribution in [1.29, 1.82) is 0 Å². The third-order valence-corrected chi connectivity index (χ3v) is 2.84. The van der Waals surface area contributed by atoms with Gasteiger partial charge in [0.15, 0.2) is 0 Å². The minimum atomic E-state index is -0.361. The summed E-state index contributed by atoms with van der Waals surface area (Å²) in [6, 6.07) is 10.9. The van der Waals surface area contributed by atoms with E-state index in [2.05, 4.69) is 41.9 Å². The SMILES string of the molecule is CC.CC(=O)Cl.c1ccc(CC2CCCC2)cc1. The molecule has 0 spiro atoms. The molecule has 0 heterocycles. The van der Waals surface area contributed by atoms with Crippen LogP contribution in [-0.2, 0) is 11.2 Å². The van der Waals surface area contributed by atoms with Gasteiger partial charge < -0.3 is 0 Å². The molecule has 1 aliphatic rings. The molecular weight excluding hydrogens is 244 g/mol. The maximum absolute atomic E-state index is 9.21. The molecule has 1 fully saturated rings. The molecule has 1 aromatic rings. The first-order valence-corrected chi connectivity index (χ1v) is 7.26. The van der Waals surface area contributed by atoms with Crippen LogP contribution in [0.2, 0.25) is 0 Å². The second-order valence-electron chi connectivity index (χ2n) is 4.31. The van der Waals surface area contributed by atoms with Crippen LogP contribution in [0.25, 0.3) is 0 Å². The maximum Gasteiger partial charge on any atom is 0.218 e. The van der Waals surface area contributed by atoms with E-state index in [1.807, 2.05) is 13.8 Å². The summed E-state index contributed by atoms with van der Waals surface area (Å²) in [5, 5.41) is -0.361. The molecule has 0 N–H and O–H groups in total. The monoisotopic (exact) mass is 268 g/mol. The molecule has 18 heavy (non-hydrogen) atoms. The Balaban J connectivity index is 0.000000415. The van der Waals surface area contributed by atoms with Crippen molar-refractivity contribution < 1.29 is 4.79 Å². The van der Waals surface area contributed by atoms with Crippen molar-refractivity contribution in [3.05, 3.63) is 35.9 Å². The Hall–Kier alpha value is -0.820. The van der Waals surface area contributed by atoms with E-state index in [0.717, 1.165) is 5.92 Å². The van der Waals surface area contributed by atoms with E-state index in [9.17, 15) is 4.79 Å². The second kappa shape index (κ2) is 11.3. The quantitative estimate of drug-likeness (QED) is 0.672. The second-order valence-corrected chi connectivity index (χ2v) is 4.84. The van der Waals surface area contributed by atoms with Crippen LogP contribution < -0.4 is 0 Å². The van der Waals surface area contributed by atoms with Crippen LogP contribution in [0.4, 0.5) is 0 Å². The topological polar surface area (TPSA) is 17.1 Å². The highest BCUT2D eigenvalue weighted by molar-refractivity contribution is 6.62. The summed E-state index contributed by atoms with van der Waals surface area (Å²) >= 11 is 4.64. The summed E-state index contributed by atoms with van der Waals surface area (Å²) in [6.45, 7) is 5.29. The first kappa shape index (κ1) is 17.2. The maximum atomic E-state index is 9.21. The number of carbonyl (C=O) groups is 1. The molecule has 0 aliphatic heterocycles. The van der Waals surface area contributed by atoms with Crippen molar-refractivity contribution >= 4 is 16.8 Å². The fourth-order valence-corrected chi connectivity index (χ4v) is 2.16. The van der Waals surface area contributed by atoms with E-state index < -0.39 is 0 Å². The molecule has 1 saturated carbocycles. The lowest BCUT2D eigenvalue weighted by atomic mass is 9.98. The van der Waals surface area contributed by atoms with Crippen molar-refractivity contribution in [1.82, 2.24) is 0 Å². The average Bonchev–Trinajstić information content (AvgIpc) is 2.85. The van der Waals surface area contributed by atoms with Gasteiger partial charge in [-0.05, 0) is 29.5 Å². The first-order valence-electron chi connectivity index (χ1n) is 6.88. The lowest BCUT2D eigenvalue weighted by Gasteiger charge is -2.07. The number of hydrogen-bond acceptors (Lipinski definition) is 1. The van der Waals surface area contributed by atoms with Gasteiger partial charge >= 0.3 is 0 Å². The highest BCUT2D eigenvalue weighted by Crippen LogP contribution is 2.27. The van der Waals surface area contributed by atoms with Crippen molar-refractivity contribution in [2.24, 2.45) is 5.92 Å². The van der Waals surface area contributed by atoms with E-state index in [4.69, 9.17) is 0 Å². The smallest absolute Gasteiger partial charge is 0.218 e. The lowest BCUT2D eigenvalue weighted by Crippen LogP contribution is -1.97. The van der Waals surface area contributed by atoms with E-state index in [1.54, 1.807) is 0 Å². The summed E-state index contributed by atoms with van der Waals surface area (Å²) in [5.41, 5.74) is 1.52. The predicted octanol–water partition coefficient (Wildman–Crippen LogP) is 5.22. The molecule has 1 aliphatic carbocycles. The van der Waals surface area contributed by atoms with Gasteiger partial charge in [-0.2, -0.15) is 0 Å². The highest BCUT2D eigenvalue weighted by atomic mass is 35.5. The molecule has 1 aromatic carbocycles. The van der Waals surface area contributed by atoms with Gasteiger partial charge in [-0.3, -0.25) is 4.79 Å². The lowest BCUT2D eigenvalue weighted by molar-refractivity contribution is -0.109. The van der Waals surface area contributed by atoms with Crippen LogP contribution in [0.15, 0.2) is 30.3 Å². The van der Waals surface area contributed by atoms with Gasteiger partial charge in [-0.15, -0.1) is 0 Å². The van der Waals surface area contributed by atoms with Gasteiger partial charge in [-0.1, -0.05) is 69.9 Å². The Morgan fingerprint density at radius 1 is 1.17 bits per heavy atom. The number of hydrogen-bond donors (Lipinski definition) is 0. The summed E-state index contributed by atoms with van der Waals surface area (Å²) < 4.78 is 0. The molecule has 0 bridgehead atoms. The minimum absolute atomic E-state index is 0.361. The number of carbonyl (C=O) groups excluding carboxylic acids is 1. The fraction of sp³-hybridized carbons (Fsp3) is 0.562. The molecule has 0 atom stereocenters. The molecular formula is C16H25ClO. The molecule has 0 saturated heterocycles. The van der Waals surface area contributed by atoms with Crippen LogP contribution in [0.3, 0.4) is 0 Å². The Morgan fingerprint density at radius 3 is 2.06 bits per heavy atom. The molecule has 0 aromatic heterocycles. The number of benzene rings is 1. The summed E-state index contributed by atoms with van der Waals surface area (Å²) in [5.74, 6) is 0.979. The number of halogens is 1. The fourth-order valence-electron chi connectivity index (χ4n) is 2.16. The standard InChI is InChI=1S/C12H16.C2H3ClO.C2H6/c1-2-6-11(7-3-1)10-12-8-4-5-9-12;1-2(3)4;1-2/h1-3,6-7,12H,4-5,8-10H2;1H3;1-2H3. The third-order valence-electron chi connectivity index (χ3n) is 2.84. The summed E-state index contributed by atoms with van der Waals surface area (Å²) in [4.78, 5) is 9.21. The molecule has 0 amide bonds. The summed E-state index contributed by atoms with van der Waals surface area (Å²) in [7, 11) is 0. The van der Waals surface area contributed by atoms with Crippen molar-refractivity contribution in [3.63, 3.8) is 0 Å². The summed E-state index contributed by atoms with van der Waals surface area (Å²) in [6.07, 6.45) is 7.12. The predicted molar refractivity (Wildman–Crippen MR) is 80.0 cm³/mol. The zero-order chi connectivity index (χ0) is 13.8. The van der Waals surface area contributed by atoms with Gasteiger partial charge in [0, 0.05) is 6.92 Å². The van der Waals surface area contributed by atoms with E-state index in [0.29, 0.717) is 0 Å². The van der Waals surface area contributed by atoms with E-state index in [1.165, 1.54) is 44.6 Å². The van der Waals surface area contributed by atoms with Crippen molar-refractivity contribution in [2.45, 2.75) is 52.9 Å². The van der Waals surface area contributed by atoms with Crippen LogP contribution in [0, 0.1) is 5.92 Å². The number of rotatable bonds is 2. The molecule has 102 valence electrons. The first-order chi connectivity index (χ1) is 8.68. The van der Waals surface area contributed by atoms with E-state index in [-0.39, 0.29) is 5.24 Å². The zero-order valence-electron chi connectivity index (χ0n) is 11.8. The highest BCUT2D eigenvalue weighted by Gasteiger charge is 2.14. The van der Waals surface area contributed by atoms with Crippen LogP contribution in [-0.4, -0.2) is 5.24 Å². The normalized spacial score (nSPS) is 14.0. The van der Waals surface area contributed by atoms with Gasteiger partial charge in [0.05, 0.1) is 0 Å². The average molecular weight is 269 g/mol. The van der Waals surface area contributed by atoms with Gasteiger partial charge in [-0.25, -0.2) is 0 Å². The Morgan fingerprint density at radius 2 is 1.61 bits per heavy atom. The van der Waals surface area contributed by atoms with Gasteiger partial charge in [0.25, 0.3) is 0 Å².